The van der Waals surface area contributed by atoms with Gasteiger partial charge in [-0.1, -0.05) is 20.8 Å². The first kappa shape index (κ1) is 14.6. The average molecular weight is 260 g/mol. The number of halogens is 2. The number of alkyl halides is 2. The SMILES string of the molecule is CCOC(=O)Cn1nc(C(F)F)cc1C(C)(C)C. The van der Waals surface area contributed by atoms with Crippen molar-refractivity contribution in [2.45, 2.75) is 46.1 Å². The number of nitrogens with zero attached hydrogens (tertiary/aromatic N) is 2. The van der Waals surface area contributed by atoms with E-state index < -0.39 is 12.4 Å². The Morgan fingerprint density at radius 3 is 2.56 bits per heavy atom. The van der Waals surface area contributed by atoms with E-state index in [4.69, 9.17) is 4.74 Å². The summed E-state index contributed by atoms with van der Waals surface area (Å²) >= 11 is 0. The van der Waals surface area contributed by atoms with E-state index in [1.807, 2.05) is 20.8 Å². The molecular formula is C12H18F2N2O2. The lowest BCUT2D eigenvalue weighted by molar-refractivity contribution is -0.144. The first-order valence-electron chi connectivity index (χ1n) is 5.77. The van der Waals surface area contributed by atoms with Gasteiger partial charge in [0, 0.05) is 11.1 Å². The Morgan fingerprint density at radius 1 is 1.50 bits per heavy atom. The maximum Gasteiger partial charge on any atom is 0.327 e. The Bertz CT molecular complexity index is 422. The molecule has 1 aromatic rings. The lowest BCUT2D eigenvalue weighted by Crippen LogP contribution is -2.22. The number of carbonyl (C=O) groups excluding carboxylic acids is 1. The van der Waals surface area contributed by atoms with E-state index >= 15 is 0 Å². The fourth-order valence-corrected chi connectivity index (χ4v) is 1.60. The molecular weight excluding hydrogens is 242 g/mol. The van der Waals surface area contributed by atoms with Crippen LogP contribution in [0.2, 0.25) is 0 Å². The van der Waals surface area contributed by atoms with Gasteiger partial charge < -0.3 is 4.74 Å². The Morgan fingerprint density at radius 2 is 2.11 bits per heavy atom. The minimum absolute atomic E-state index is 0.146. The van der Waals surface area contributed by atoms with Gasteiger partial charge in [0.05, 0.1) is 6.61 Å². The molecule has 0 saturated heterocycles. The predicted octanol–water partition coefficient (Wildman–Crippen LogP) is 2.68. The molecule has 6 heteroatoms. The van der Waals surface area contributed by atoms with Crippen molar-refractivity contribution in [3.05, 3.63) is 17.5 Å². The number of hydrogen-bond donors (Lipinski definition) is 0. The largest absolute Gasteiger partial charge is 0.465 e. The van der Waals surface area contributed by atoms with Crippen LogP contribution < -0.4 is 0 Å². The molecule has 0 spiro atoms. The van der Waals surface area contributed by atoms with Crippen LogP contribution in [-0.2, 0) is 21.5 Å². The topological polar surface area (TPSA) is 44.1 Å². The first-order chi connectivity index (χ1) is 8.25. The number of esters is 1. The molecule has 102 valence electrons. The number of hydrogen-bond acceptors (Lipinski definition) is 3. The third-order valence-electron chi connectivity index (χ3n) is 2.38. The lowest BCUT2D eigenvalue weighted by Gasteiger charge is -2.19. The van der Waals surface area contributed by atoms with Crippen LogP contribution in [0.25, 0.3) is 0 Å². The maximum atomic E-state index is 12.6. The fourth-order valence-electron chi connectivity index (χ4n) is 1.60. The van der Waals surface area contributed by atoms with Gasteiger partial charge in [-0.3, -0.25) is 9.48 Å². The van der Waals surface area contributed by atoms with E-state index in [9.17, 15) is 13.6 Å². The van der Waals surface area contributed by atoms with Crippen molar-refractivity contribution in [3.8, 4) is 0 Å². The standard InChI is InChI=1S/C12H18F2N2O2/c1-5-18-10(17)7-16-9(12(2,3)4)6-8(15-16)11(13)14/h6,11H,5,7H2,1-4H3. The van der Waals surface area contributed by atoms with Crippen LogP contribution in [-0.4, -0.2) is 22.4 Å². The molecule has 0 N–H and O–H groups in total. The summed E-state index contributed by atoms with van der Waals surface area (Å²) in [6.07, 6.45) is -2.64. The third kappa shape index (κ3) is 3.51. The second kappa shape index (κ2) is 5.46. The van der Waals surface area contributed by atoms with Gasteiger partial charge in [-0.15, -0.1) is 0 Å². The van der Waals surface area contributed by atoms with E-state index in [0.29, 0.717) is 5.69 Å². The molecule has 0 aromatic carbocycles. The molecule has 4 nitrogen and oxygen atoms in total. The Kier molecular flexibility index (Phi) is 4.43. The lowest BCUT2D eigenvalue weighted by atomic mass is 9.92. The Hall–Kier alpha value is -1.46. The summed E-state index contributed by atoms with van der Waals surface area (Å²) in [5, 5.41) is 3.76. The van der Waals surface area contributed by atoms with Crippen LogP contribution in [0.5, 0.6) is 0 Å². The summed E-state index contributed by atoms with van der Waals surface area (Å²) in [6.45, 7) is 7.43. The zero-order chi connectivity index (χ0) is 13.9. The summed E-state index contributed by atoms with van der Waals surface area (Å²) in [4.78, 5) is 11.4. The van der Waals surface area contributed by atoms with Crippen LogP contribution in [0.15, 0.2) is 6.07 Å². The minimum atomic E-state index is -2.64. The zero-order valence-electron chi connectivity index (χ0n) is 11.0. The van der Waals surface area contributed by atoms with Crippen molar-refractivity contribution in [2.24, 2.45) is 0 Å². The molecule has 0 saturated carbocycles. The predicted molar refractivity (Wildman–Crippen MR) is 62.5 cm³/mol. The van der Waals surface area contributed by atoms with Crippen LogP contribution in [0.4, 0.5) is 8.78 Å². The molecule has 0 aliphatic rings. The molecule has 1 heterocycles. The summed E-state index contributed by atoms with van der Waals surface area (Å²) in [6, 6.07) is 1.34. The number of carbonyl (C=O) groups is 1. The average Bonchev–Trinajstić information content (AvgIpc) is 2.61. The number of rotatable bonds is 4. The van der Waals surface area contributed by atoms with Crippen molar-refractivity contribution >= 4 is 5.97 Å². The molecule has 0 aliphatic heterocycles. The van der Waals surface area contributed by atoms with Gasteiger partial charge in [-0.2, -0.15) is 5.10 Å². The number of ether oxygens (including phenoxy) is 1. The van der Waals surface area contributed by atoms with Gasteiger partial charge in [0.25, 0.3) is 6.43 Å². The highest BCUT2D eigenvalue weighted by molar-refractivity contribution is 5.69. The molecule has 0 unspecified atom stereocenters. The normalized spacial score (nSPS) is 11.9. The van der Waals surface area contributed by atoms with Crippen LogP contribution in [0, 0.1) is 0 Å². The highest BCUT2D eigenvalue weighted by Crippen LogP contribution is 2.27. The van der Waals surface area contributed by atoms with Crippen LogP contribution in [0.1, 0.15) is 45.5 Å². The van der Waals surface area contributed by atoms with E-state index in [0.717, 1.165) is 0 Å². The third-order valence-corrected chi connectivity index (χ3v) is 2.38. The quantitative estimate of drug-likeness (QED) is 0.782. The second-order valence-electron chi connectivity index (χ2n) is 4.97. The van der Waals surface area contributed by atoms with Crippen LogP contribution >= 0.6 is 0 Å². The molecule has 1 rings (SSSR count). The van der Waals surface area contributed by atoms with Gasteiger partial charge >= 0.3 is 5.97 Å². The van der Waals surface area contributed by atoms with Gasteiger partial charge in [0.15, 0.2) is 0 Å². The molecule has 0 aliphatic carbocycles. The summed E-state index contributed by atoms with van der Waals surface area (Å²) in [5.74, 6) is -0.480. The van der Waals surface area contributed by atoms with Gasteiger partial charge in [0.2, 0.25) is 0 Å². The Balaban J connectivity index is 3.04. The van der Waals surface area contributed by atoms with Gasteiger partial charge in [0.1, 0.15) is 12.2 Å². The monoisotopic (exact) mass is 260 g/mol. The van der Waals surface area contributed by atoms with Gasteiger partial charge in [-0.25, -0.2) is 8.78 Å². The summed E-state index contributed by atoms with van der Waals surface area (Å²) in [7, 11) is 0. The smallest absolute Gasteiger partial charge is 0.327 e. The molecule has 0 fully saturated rings. The fraction of sp³-hybridized carbons (Fsp3) is 0.667. The summed E-state index contributed by atoms with van der Waals surface area (Å²) in [5.41, 5.74) is -0.0952. The summed E-state index contributed by atoms with van der Waals surface area (Å²) < 4.78 is 31.4. The zero-order valence-corrected chi connectivity index (χ0v) is 11.0. The Labute approximate surface area is 105 Å². The molecule has 0 bridgehead atoms. The highest BCUT2D eigenvalue weighted by atomic mass is 19.3. The van der Waals surface area contributed by atoms with Crippen molar-refractivity contribution in [2.75, 3.05) is 6.61 Å². The molecule has 18 heavy (non-hydrogen) atoms. The van der Waals surface area contributed by atoms with Crippen molar-refractivity contribution in [3.63, 3.8) is 0 Å². The number of aromatic nitrogens is 2. The van der Waals surface area contributed by atoms with Crippen molar-refractivity contribution in [1.82, 2.24) is 9.78 Å². The molecule has 0 radical (unpaired) electrons. The van der Waals surface area contributed by atoms with E-state index in [1.165, 1.54) is 10.7 Å². The highest BCUT2D eigenvalue weighted by Gasteiger charge is 2.25. The molecule has 1 aromatic heterocycles. The van der Waals surface area contributed by atoms with Gasteiger partial charge in [-0.05, 0) is 13.0 Å². The molecule has 0 atom stereocenters. The first-order valence-corrected chi connectivity index (χ1v) is 5.77. The minimum Gasteiger partial charge on any atom is -0.465 e. The molecule has 0 amide bonds. The maximum absolute atomic E-state index is 12.6. The second-order valence-corrected chi connectivity index (χ2v) is 4.97. The van der Waals surface area contributed by atoms with E-state index in [-0.39, 0.29) is 24.3 Å². The van der Waals surface area contributed by atoms with Crippen molar-refractivity contribution in [1.29, 1.82) is 0 Å². The van der Waals surface area contributed by atoms with Crippen LogP contribution in [0.3, 0.4) is 0 Å². The van der Waals surface area contributed by atoms with E-state index in [2.05, 4.69) is 5.10 Å². The van der Waals surface area contributed by atoms with E-state index in [1.54, 1.807) is 6.92 Å². The van der Waals surface area contributed by atoms with Crippen molar-refractivity contribution < 1.29 is 18.3 Å².